The first-order chi connectivity index (χ1) is 17.2. The Hall–Kier alpha value is -3.84. The zero-order chi connectivity index (χ0) is 24.2. The number of thiazole rings is 1. The van der Waals surface area contributed by atoms with Gasteiger partial charge >= 0.3 is 0 Å². The Morgan fingerprint density at radius 1 is 1.09 bits per heavy atom. The summed E-state index contributed by atoms with van der Waals surface area (Å²) >= 11 is 1.61. The Bertz CT molecular complexity index is 1560. The van der Waals surface area contributed by atoms with Crippen molar-refractivity contribution < 1.29 is 0 Å². The molecule has 0 aliphatic carbocycles. The second-order valence-corrected chi connectivity index (χ2v) is 9.70. The minimum absolute atomic E-state index is 0.0906. The summed E-state index contributed by atoms with van der Waals surface area (Å²) in [6, 6.07) is 15.9. The SMILES string of the molecule is C/C=C\C=C/CC(C)Cn1ncc2c3sc(Cc4ccccn4)nc3n(-c3ccccc3)c2c1=O. The number of hydrogen-bond donors (Lipinski definition) is 0. The van der Waals surface area contributed by atoms with Crippen LogP contribution < -0.4 is 5.56 Å². The van der Waals surface area contributed by atoms with Crippen molar-refractivity contribution in [3.8, 4) is 5.69 Å². The lowest BCUT2D eigenvalue weighted by Gasteiger charge is -2.11. The van der Waals surface area contributed by atoms with E-state index in [2.05, 4.69) is 23.1 Å². The van der Waals surface area contributed by atoms with Crippen LogP contribution >= 0.6 is 11.3 Å². The molecular formula is C28H27N5OS. The summed E-state index contributed by atoms with van der Waals surface area (Å²) in [5.41, 5.74) is 3.21. The Labute approximate surface area is 207 Å². The summed E-state index contributed by atoms with van der Waals surface area (Å²) in [6.45, 7) is 4.69. The number of allylic oxidation sites excluding steroid dienone is 4. The summed E-state index contributed by atoms with van der Waals surface area (Å²) in [7, 11) is 0. The quantitative estimate of drug-likeness (QED) is 0.257. The molecule has 1 atom stereocenters. The van der Waals surface area contributed by atoms with Crippen LogP contribution in [0, 0.1) is 5.92 Å². The summed E-state index contributed by atoms with van der Waals surface area (Å²) in [5, 5.41) is 6.37. The van der Waals surface area contributed by atoms with Gasteiger partial charge in [-0.25, -0.2) is 9.67 Å². The Balaban J connectivity index is 1.60. The van der Waals surface area contributed by atoms with Crippen LogP contribution in [0.1, 0.15) is 31.0 Å². The van der Waals surface area contributed by atoms with Crippen LogP contribution in [0.3, 0.4) is 0 Å². The minimum atomic E-state index is -0.0906. The molecular weight excluding hydrogens is 454 g/mol. The van der Waals surface area contributed by atoms with Crippen molar-refractivity contribution in [2.75, 3.05) is 0 Å². The number of para-hydroxylation sites is 1. The first kappa shape index (κ1) is 22.9. The van der Waals surface area contributed by atoms with E-state index in [0.717, 1.165) is 38.5 Å². The third-order valence-electron chi connectivity index (χ3n) is 5.89. The third kappa shape index (κ3) is 4.72. The number of pyridine rings is 1. The van der Waals surface area contributed by atoms with Crippen LogP contribution in [-0.2, 0) is 13.0 Å². The molecule has 0 fully saturated rings. The summed E-state index contributed by atoms with van der Waals surface area (Å²) in [4.78, 5) is 23.1. The number of fused-ring (bicyclic) bond motifs is 3. The lowest BCUT2D eigenvalue weighted by Crippen LogP contribution is -2.26. The Kier molecular flexibility index (Phi) is 6.68. The smallest absolute Gasteiger partial charge is 0.288 e. The molecule has 1 aromatic carbocycles. The largest absolute Gasteiger partial charge is 0.291 e. The Morgan fingerprint density at radius 2 is 1.91 bits per heavy atom. The van der Waals surface area contributed by atoms with Crippen molar-refractivity contribution in [3.05, 3.63) is 106 Å². The average molecular weight is 482 g/mol. The van der Waals surface area contributed by atoms with E-state index in [1.807, 2.05) is 84.4 Å². The molecule has 4 heterocycles. The second-order valence-electron chi connectivity index (χ2n) is 8.62. The van der Waals surface area contributed by atoms with Gasteiger partial charge in [-0.05, 0) is 43.5 Å². The molecule has 5 aromatic rings. The van der Waals surface area contributed by atoms with Crippen LogP contribution in [-0.4, -0.2) is 24.3 Å². The fourth-order valence-electron chi connectivity index (χ4n) is 4.21. The molecule has 1 unspecified atom stereocenters. The van der Waals surface area contributed by atoms with Gasteiger partial charge in [0, 0.05) is 35.9 Å². The van der Waals surface area contributed by atoms with Crippen molar-refractivity contribution in [3.63, 3.8) is 0 Å². The first-order valence-electron chi connectivity index (χ1n) is 11.8. The fraction of sp³-hybridized carbons (Fsp3) is 0.214. The van der Waals surface area contributed by atoms with Gasteiger partial charge in [0.25, 0.3) is 5.56 Å². The number of benzene rings is 1. The third-order valence-corrected chi connectivity index (χ3v) is 6.97. The van der Waals surface area contributed by atoms with Gasteiger partial charge in [-0.3, -0.25) is 14.3 Å². The van der Waals surface area contributed by atoms with E-state index >= 15 is 0 Å². The second kappa shape index (κ2) is 10.2. The van der Waals surface area contributed by atoms with Gasteiger partial charge in [-0.15, -0.1) is 11.3 Å². The molecule has 0 saturated carbocycles. The first-order valence-corrected chi connectivity index (χ1v) is 12.6. The summed E-state index contributed by atoms with van der Waals surface area (Å²) < 4.78 is 4.56. The van der Waals surface area contributed by atoms with Gasteiger partial charge in [-0.2, -0.15) is 5.10 Å². The van der Waals surface area contributed by atoms with E-state index in [4.69, 9.17) is 4.98 Å². The molecule has 7 heteroatoms. The van der Waals surface area contributed by atoms with Crippen LogP contribution in [0.2, 0.25) is 0 Å². The average Bonchev–Trinajstić information content (AvgIpc) is 3.41. The number of nitrogens with zero attached hydrogens (tertiary/aromatic N) is 5. The highest BCUT2D eigenvalue weighted by molar-refractivity contribution is 7.19. The molecule has 0 aliphatic rings. The van der Waals surface area contributed by atoms with Crippen molar-refractivity contribution in [1.82, 2.24) is 24.3 Å². The number of hydrogen-bond acceptors (Lipinski definition) is 5. The molecule has 0 aliphatic heterocycles. The molecule has 6 nitrogen and oxygen atoms in total. The van der Waals surface area contributed by atoms with Crippen LogP contribution in [0.25, 0.3) is 26.9 Å². The zero-order valence-electron chi connectivity index (χ0n) is 19.8. The molecule has 0 amide bonds. The van der Waals surface area contributed by atoms with Gasteiger partial charge < -0.3 is 0 Å². The maximum absolute atomic E-state index is 13.7. The van der Waals surface area contributed by atoms with E-state index in [0.29, 0.717) is 18.5 Å². The topological polar surface area (TPSA) is 65.6 Å². The normalized spacial score (nSPS) is 13.0. The van der Waals surface area contributed by atoms with E-state index in [9.17, 15) is 4.79 Å². The van der Waals surface area contributed by atoms with Crippen molar-refractivity contribution in [2.45, 2.75) is 33.2 Å². The Morgan fingerprint density at radius 3 is 2.69 bits per heavy atom. The van der Waals surface area contributed by atoms with Crippen molar-refractivity contribution >= 4 is 32.6 Å². The van der Waals surface area contributed by atoms with Gasteiger partial charge in [0.2, 0.25) is 0 Å². The highest BCUT2D eigenvalue weighted by Crippen LogP contribution is 2.34. The number of rotatable bonds is 8. The number of aromatic nitrogens is 5. The lowest BCUT2D eigenvalue weighted by atomic mass is 10.1. The van der Waals surface area contributed by atoms with E-state index in [-0.39, 0.29) is 11.5 Å². The van der Waals surface area contributed by atoms with E-state index < -0.39 is 0 Å². The van der Waals surface area contributed by atoms with Gasteiger partial charge in [0.1, 0.15) is 10.5 Å². The molecule has 0 bridgehead atoms. The predicted molar refractivity (Wildman–Crippen MR) is 143 cm³/mol. The summed E-state index contributed by atoms with van der Waals surface area (Å²) in [5.74, 6) is 0.281. The molecule has 5 rings (SSSR count). The highest BCUT2D eigenvalue weighted by atomic mass is 32.1. The van der Waals surface area contributed by atoms with Gasteiger partial charge in [0.15, 0.2) is 5.65 Å². The van der Waals surface area contributed by atoms with Crippen LogP contribution in [0.4, 0.5) is 0 Å². The monoisotopic (exact) mass is 481 g/mol. The molecule has 176 valence electrons. The van der Waals surface area contributed by atoms with Crippen molar-refractivity contribution in [1.29, 1.82) is 0 Å². The predicted octanol–water partition coefficient (Wildman–Crippen LogP) is 5.94. The van der Waals surface area contributed by atoms with Gasteiger partial charge in [0.05, 0.1) is 10.9 Å². The molecule has 0 N–H and O–H groups in total. The summed E-state index contributed by atoms with van der Waals surface area (Å²) in [6.07, 6.45) is 13.3. The molecule has 0 radical (unpaired) electrons. The standard InChI is InChI=1S/C28H27N5OS/c1-3-4-5-7-12-20(2)19-32-28(34)25-23(18-30-32)26-27(33(25)22-14-8-6-9-15-22)31-24(35-26)17-21-13-10-11-16-29-21/h3-11,13-16,18,20H,12,17,19H2,1-2H3/b4-3-,7-5-. The molecule has 0 spiro atoms. The maximum atomic E-state index is 13.7. The maximum Gasteiger partial charge on any atom is 0.291 e. The minimum Gasteiger partial charge on any atom is -0.288 e. The highest BCUT2D eigenvalue weighted by Gasteiger charge is 2.21. The van der Waals surface area contributed by atoms with Crippen molar-refractivity contribution in [2.24, 2.45) is 5.92 Å². The molecule has 0 saturated heterocycles. The van der Waals surface area contributed by atoms with Crippen LogP contribution in [0.15, 0.2) is 90.0 Å². The van der Waals surface area contributed by atoms with Crippen LogP contribution in [0.5, 0.6) is 0 Å². The lowest BCUT2D eigenvalue weighted by molar-refractivity contribution is 0.440. The zero-order valence-corrected chi connectivity index (χ0v) is 20.7. The van der Waals surface area contributed by atoms with E-state index in [1.54, 1.807) is 22.2 Å². The molecule has 4 aromatic heterocycles. The van der Waals surface area contributed by atoms with E-state index in [1.165, 1.54) is 0 Å². The molecule has 35 heavy (non-hydrogen) atoms. The van der Waals surface area contributed by atoms with Gasteiger partial charge in [-0.1, -0.05) is 55.5 Å². The fourth-order valence-corrected chi connectivity index (χ4v) is 5.29.